The largest absolute Gasteiger partial charge is 0.495 e. The van der Waals surface area contributed by atoms with Crippen LogP contribution in [-0.2, 0) is 0 Å². The Hall–Kier alpha value is -2.01. The minimum Gasteiger partial charge on any atom is -0.495 e. The summed E-state index contributed by atoms with van der Waals surface area (Å²) in [6.45, 7) is 1.95. The summed E-state index contributed by atoms with van der Waals surface area (Å²) < 4.78 is 5.06. The summed E-state index contributed by atoms with van der Waals surface area (Å²) in [5.41, 5.74) is 6.78. The third kappa shape index (κ3) is 3.06. The molecule has 1 aromatic carbocycles. The molecule has 0 fully saturated rings. The average molecular weight is 276 g/mol. The second-order valence-electron chi connectivity index (χ2n) is 4.17. The molecule has 1 unspecified atom stereocenters. The molecule has 1 heterocycles. The molecule has 0 radical (unpaired) electrons. The van der Waals surface area contributed by atoms with Crippen LogP contribution in [0.15, 0.2) is 35.7 Å². The third-order valence-corrected chi connectivity index (χ3v) is 3.86. The fourth-order valence-electron chi connectivity index (χ4n) is 1.76. The van der Waals surface area contributed by atoms with Gasteiger partial charge in [-0.2, -0.15) is 0 Å². The number of hydrogen-bond acceptors (Lipinski definition) is 4. The van der Waals surface area contributed by atoms with Crippen LogP contribution >= 0.6 is 11.3 Å². The van der Waals surface area contributed by atoms with E-state index in [9.17, 15) is 4.79 Å². The maximum absolute atomic E-state index is 12.1. The number of nitrogens with one attached hydrogen (secondary N) is 1. The van der Waals surface area contributed by atoms with Crippen molar-refractivity contribution in [3.8, 4) is 5.75 Å². The Kier molecular flexibility index (Phi) is 4.06. The number of nitrogen functional groups attached to an aromatic ring is 1. The van der Waals surface area contributed by atoms with Gasteiger partial charge in [-0.15, -0.1) is 11.3 Å². The summed E-state index contributed by atoms with van der Waals surface area (Å²) in [4.78, 5) is 13.2. The van der Waals surface area contributed by atoms with Crippen molar-refractivity contribution < 1.29 is 9.53 Å². The number of carbonyl (C=O) groups is 1. The predicted octanol–water partition coefficient (Wildman–Crippen LogP) is 2.83. The van der Waals surface area contributed by atoms with Gasteiger partial charge in [0.2, 0.25) is 0 Å². The number of rotatable bonds is 4. The van der Waals surface area contributed by atoms with Gasteiger partial charge in [-0.05, 0) is 36.6 Å². The number of thiophene rings is 1. The van der Waals surface area contributed by atoms with Gasteiger partial charge in [0.15, 0.2) is 0 Å². The van der Waals surface area contributed by atoms with Gasteiger partial charge in [-0.3, -0.25) is 4.79 Å². The number of carbonyl (C=O) groups excluding carboxylic acids is 1. The van der Waals surface area contributed by atoms with E-state index in [1.807, 2.05) is 24.4 Å². The average Bonchev–Trinajstić information content (AvgIpc) is 2.92. The van der Waals surface area contributed by atoms with Gasteiger partial charge >= 0.3 is 0 Å². The summed E-state index contributed by atoms with van der Waals surface area (Å²) in [5.74, 6) is 0.429. The SMILES string of the molecule is COc1ccc(C(=O)NC(C)c2cccs2)cc1N. The Morgan fingerprint density at radius 1 is 1.42 bits per heavy atom. The van der Waals surface area contributed by atoms with Crippen LogP contribution in [0.5, 0.6) is 5.75 Å². The van der Waals surface area contributed by atoms with Gasteiger partial charge in [0.25, 0.3) is 5.91 Å². The lowest BCUT2D eigenvalue weighted by molar-refractivity contribution is 0.0940. The van der Waals surface area contributed by atoms with E-state index >= 15 is 0 Å². The lowest BCUT2D eigenvalue weighted by Crippen LogP contribution is -2.26. The van der Waals surface area contributed by atoms with Crippen LogP contribution in [0.1, 0.15) is 28.2 Å². The summed E-state index contributed by atoms with van der Waals surface area (Å²) >= 11 is 1.62. The van der Waals surface area contributed by atoms with E-state index in [2.05, 4.69) is 5.32 Å². The predicted molar refractivity (Wildman–Crippen MR) is 77.6 cm³/mol. The zero-order valence-electron chi connectivity index (χ0n) is 10.8. The number of ether oxygens (including phenoxy) is 1. The summed E-state index contributed by atoms with van der Waals surface area (Å²) in [7, 11) is 1.55. The molecule has 1 aromatic heterocycles. The first-order chi connectivity index (χ1) is 9.11. The van der Waals surface area contributed by atoms with Crippen molar-refractivity contribution in [2.75, 3.05) is 12.8 Å². The van der Waals surface area contributed by atoms with Crippen molar-refractivity contribution in [1.82, 2.24) is 5.32 Å². The Balaban J connectivity index is 2.10. The van der Waals surface area contributed by atoms with E-state index in [0.717, 1.165) is 4.88 Å². The number of hydrogen-bond donors (Lipinski definition) is 2. The highest BCUT2D eigenvalue weighted by Crippen LogP contribution is 2.23. The maximum atomic E-state index is 12.1. The quantitative estimate of drug-likeness (QED) is 0.844. The van der Waals surface area contributed by atoms with Gasteiger partial charge in [0.1, 0.15) is 5.75 Å². The Bertz CT molecular complexity index is 567. The molecular formula is C14H16N2O2S. The second kappa shape index (κ2) is 5.75. The smallest absolute Gasteiger partial charge is 0.251 e. The van der Waals surface area contributed by atoms with Crippen LogP contribution in [0.3, 0.4) is 0 Å². The molecule has 100 valence electrons. The first-order valence-corrected chi connectivity index (χ1v) is 6.77. The lowest BCUT2D eigenvalue weighted by atomic mass is 10.1. The van der Waals surface area contributed by atoms with E-state index < -0.39 is 0 Å². The number of benzene rings is 1. The molecule has 0 aliphatic carbocycles. The maximum Gasteiger partial charge on any atom is 0.251 e. The van der Waals surface area contributed by atoms with Crippen molar-refractivity contribution in [3.63, 3.8) is 0 Å². The molecule has 0 saturated carbocycles. The summed E-state index contributed by atoms with van der Waals surface area (Å²) in [6, 6.07) is 8.96. The molecule has 0 saturated heterocycles. The zero-order valence-corrected chi connectivity index (χ0v) is 11.7. The molecule has 2 aromatic rings. The van der Waals surface area contributed by atoms with Crippen molar-refractivity contribution >= 4 is 22.9 Å². The molecule has 3 N–H and O–H groups in total. The standard InChI is InChI=1S/C14H16N2O2S/c1-9(13-4-3-7-19-13)16-14(17)10-5-6-12(18-2)11(15)8-10/h3-9H,15H2,1-2H3,(H,16,17). The summed E-state index contributed by atoms with van der Waals surface area (Å²) in [6.07, 6.45) is 0. The van der Waals surface area contributed by atoms with E-state index in [-0.39, 0.29) is 11.9 Å². The van der Waals surface area contributed by atoms with Gasteiger partial charge < -0.3 is 15.8 Å². The van der Waals surface area contributed by atoms with Crippen molar-refractivity contribution in [1.29, 1.82) is 0 Å². The molecule has 0 spiro atoms. The number of anilines is 1. The molecular weight excluding hydrogens is 260 g/mol. The normalized spacial score (nSPS) is 11.9. The minimum atomic E-state index is -0.143. The molecule has 1 atom stereocenters. The molecule has 0 aliphatic rings. The van der Waals surface area contributed by atoms with E-state index in [0.29, 0.717) is 17.0 Å². The van der Waals surface area contributed by atoms with Gasteiger partial charge in [0, 0.05) is 10.4 Å². The number of methoxy groups -OCH3 is 1. The Morgan fingerprint density at radius 3 is 2.79 bits per heavy atom. The number of amides is 1. The summed E-state index contributed by atoms with van der Waals surface area (Å²) in [5, 5.41) is 4.93. The topological polar surface area (TPSA) is 64.3 Å². The first-order valence-electron chi connectivity index (χ1n) is 5.89. The van der Waals surface area contributed by atoms with E-state index in [1.165, 1.54) is 0 Å². The van der Waals surface area contributed by atoms with Crippen molar-refractivity contribution in [2.24, 2.45) is 0 Å². The van der Waals surface area contributed by atoms with Crippen LogP contribution in [0.4, 0.5) is 5.69 Å². The van der Waals surface area contributed by atoms with Gasteiger partial charge in [0.05, 0.1) is 18.8 Å². The minimum absolute atomic E-state index is 0.0178. The Labute approximate surface area is 116 Å². The molecule has 4 nitrogen and oxygen atoms in total. The Morgan fingerprint density at radius 2 is 2.21 bits per heavy atom. The van der Waals surface area contributed by atoms with Crippen LogP contribution < -0.4 is 15.8 Å². The van der Waals surface area contributed by atoms with Crippen LogP contribution in [-0.4, -0.2) is 13.0 Å². The fourth-order valence-corrected chi connectivity index (χ4v) is 2.50. The highest BCUT2D eigenvalue weighted by Gasteiger charge is 2.13. The molecule has 0 bridgehead atoms. The van der Waals surface area contributed by atoms with Crippen LogP contribution in [0, 0.1) is 0 Å². The zero-order chi connectivity index (χ0) is 13.8. The second-order valence-corrected chi connectivity index (χ2v) is 5.15. The van der Waals surface area contributed by atoms with Crippen molar-refractivity contribution in [3.05, 3.63) is 46.2 Å². The van der Waals surface area contributed by atoms with E-state index in [4.69, 9.17) is 10.5 Å². The number of nitrogens with two attached hydrogens (primary N) is 1. The van der Waals surface area contributed by atoms with Gasteiger partial charge in [-0.1, -0.05) is 6.07 Å². The fraction of sp³-hybridized carbons (Fsp3) is 0.214. The monoisotopic (exact) mass is 276 g/mol. The lowest BCUT2D eigenvalue weighted by Gasteiger charge is -2.13. The third-order valence-electron chi connectivity index (χ3n) is 2.81. The van der Waals surface area contributed by atoms with Crippen LogP contribution in [0.2, 0.25) is 0 Å². The highest BCUT2D eigenvalue weighted by atomic mass is 32.1. The van der Waals surface area contributed by atoms with E-state index in [1.54, 1.807) is 36.6 Å². The molecule has 19 heavy (non-hydrogen) atoms. The van der Waals surface area contributed by atoms with Crippen LogP contribution in [0.25, 0.3) is 0 Å². The highest BCUT2D eigenvalue weighted by molar-refractivity contribution is 7.10. The molecule has 0 aliphatic heterocycles. The van der Waals surface area contributed by atoms with Crippen molar-refractivity contribution in [2.45, 2.75) is 13.0 Å². The van der Waals surface area contributed by atoms with Gasteiger partial charge in [-0.25, -0.2) is 0 Å². The molecule has 2 rings (SSSR count). The molecule has 5 heteroatoms. The first kappa shape index (κ1) is 13.4. The molecule has 1 amide bonds.